The van der Waals surface area contributed by atoms with Crippen LogP contribution in [0.3, 0.4) is 0 Å². The first-order chi connectivity index (χ1) is 9.76. The monoisotopic (exact) mass is 330 g/mol. The van der Waals surface area contributed by atoms with Crippen LogP contribution in [0, 0.1) is 5.41 Å². The molecule has 2 rings (SSSR count). The highest BCUT2D eigenvalue weighted by Crippen LogP contribution is 2.36. The quantitative estimate of drug-likeness (QED) is 0.891. The molecular formula is C15H23ClN2O2S. The lowest BCUT2D eigenvalue weighted by Gasteiger charge is -2.38. The minimum Gasteiger partial charge on any atom is -0.326 e. The van der Waals surface area contributed by atoms with E-state index in [1.807, 2.05) is 0 Å². The van der Waals surface area contributed by atoms with Gasteiger partial charge in [-0.1, -0.05) is 38.3 Å². The van der Waals surface area contributed by atoms with Gasteiger partial charge in [-0.15, -0.1) is 0 Å². The molecule has 3 N–H and O–H groups in total. The van der Waals surface area contributed by atoms with Crippen molar-refractivity contribution >= 4 is 21.6 Å². The van der Waals surface area contributed by atoms with Crippen LogP contribution in [-0.2, 0) is 16.6 Å². The van der Waals surface area contributed by atoms with E-state index in [9.17, 15) is 8.42 Å². The first-order valence-electron chi connectivity index (χ1n) is 7.27. The van der Waals surface area contributed by atoms with Gasteiger partial charge in [0.15, 0.2) is 0 Å². The van der Waals surface area contributed by atoms with E-state index >= 15 is 0 Å². The van der Waals surface area contributed by atoms with Crippen molar-refractivity contribution in [3.8, 4) is 0 Å². The molecule has 1 aliphatic carbocycles. The topological polar surface area (TPSA) is 72.2 Å². The number of benzene rings is 1. The lowest BCUT2D eigenvalue weighted by molar-refractivity contribution is 0.188. The molecule has 0 spiro atoms. The third kappa shape index (κ3) is 3.77. The summed E-state index contributed by atoms with van der Waals surface area (Å²) in [5, 5.41) is 0.495. The summed E-state index contributed by atoms with van der Waals surface area (Å²) in [5.41, 5.74) is 6.21. The largest absolute Gasteiger partial charge is 0.326 e. The molecule has 1 saturated carbocycles. The second-order valence-electron chi connectivity index (χ2n) is 6.37. The third-order valence-corrected chi connectivity index (χ3v) is 6.19. The minimum absolute atomic E-state index is 0.0194. The van der Waals surface area contributed by atoms with E-state index in [1.165, 1.54) is 6.07 Å². The summed E-state index contributed by atoms with van der Waals surface area (Å²) in [6.07, 6.45) is 4.13. The molecule has 0 aliphatic heterocycles. The Hall–Kier alpha value is -0.620. The summed E-state index contributed by atoms with van der Waals surface area (Å²) in [6.45, 7) is 4.45. The lowest BCUT2D eigenvalue weighted by atomic mass is 9.74. The molecule has 0 bridgehead atoms. The molecule has 0 heterocycles. The number of nitrogens with two attached hydrogens (primary N) is 1. The van der Waals surface area contributed by atoms with E-state index in [0.29, 0.717) is 10.6 Å². The zero-order valence-electron chi connectivity index (χ0n) is 12.5. The highest BCUT2D eigenvalue weighted by atomic mass is 35.5. The van der Waals surface area contributed by atoms with Crippen LogP contribution in [0.1, 0.15) is 45.1 Å². The molecule has 4 nitrogen and oxygen atoms in total. The van der Waals surface area contributed by atoms with Crippen molar-refractivity contribution < 1.29 is 8.42 Å². The van der Waals surface area contributed by atoms with Crippen molar-refractivity contribution in [3.05, 3.63) is 28.8 Å². The van der Waals surface area contributed by atoms with Gasteiger partial charge in [-0.25, -0.2) is 13.1 Å². The molecular weight excluding hydrogens is 308 g/mol. The van der Waals surface area contributed by atoms with Gasteiger partial charge in [-0.2, -0.15) is 0 Å². The standard InChI is InChI=1S/C15H23ClN2O2S/c1-15(2)8-4-3-5-14(15)18-21(19,20)12-6-7-13(16)11(9-12)10-17/h6-7,9,14,18H,3-5,8,10,17H2,1-2H3. The van der Waals surface area contributed by atoms with Crippen molar-refractivity contribution in [2.75, 3.05) is 0 Å². The van der Waals surface area contributed by atoms with Gasteiger partial charge >= 0.3 is 0 Å². The Morgan fingerprint density at radius 2 is 2.10 bits per heavy atom. The Morgan fingerprint density at radius 1 is 1.38 bits per heavy atom. The fourth-order valence-electron chi connectivity index (χ4n) is 2.84. The Balaban J connectivity index is 2.26. The molecule has 6 heteroatoms. The fraction of sp³-hybridized carbons (Fsp3) is 0.600. The Kier molecular flexibility index (Phi) is 4.98. The van der Waals surface area contributed by atoms with Gasteiger partial charge < -0.3 is 5.73 Å². The Bertz CT molecular complexity index is 614. The van der Waals surface area contributed by atoms with E-state index < -0.39 is 10.0 Å². The summed E-state index contributed by atoms with van der Waals surface area (Å²) in [7, 11) is -3.54. The smallest absolute Gasteiger partial charge is 0.240 e. The van der Waals surface area contributed by atoms with Gasteiger partial charge in [0.05, 0.1) is 4.90 Å². The number of sulfonamides is 1. The fourth-order valence-corrected chi connectivity index (χ4v) is 4.53. The number of hydrogen-bond acceptors (Lipinski definition) is 3. The van der Waals surface area contributed by atoms with E-state index in [4.69, 9.17) is 17.3 Å². The molecule has 0 radical (unpaired) electrons. The molecule has 1 aliphatic rings. The van der Waals surface area contributed by atoms with Crippen LogP contribution in [0.4, 0.5) is 0 Å². The van der Waals surface area contributed by atoms with Gasteiger partial charge in [0.2, 0.25) is 10.0 Å². The molecule has 1 unspecified atom stereocenters. The summed E-state index contributed by atoms with van der Waals surface area (Å²) < 4.78 is 28.0. The van der Waals surface area contributed by atoms with Gasteiger partial charge in [0, 0.05) is 17.6 Å². The normalized spacial score (nSPS) is 22.2. The maximum atomic E-state index is 12.6. The van der Waals surface area contributed by atoms with Crippen LogP contribution in [0.25, 0.3) is 0 Å². The molecule has 1 aromatic rings. The predicted molar refractivity (Wildman–Crippen MR) is 85.7 cm³/mol. The van der Waals surface area contributed by atoms with Crippen LogP contribution in [0.5, 0.6) is 0 Å². The molecule has 0 aromatic heterocycles. The molecule has 1 atom stereocenters. The van der Waals surface area contributed by atoms with Gasteiger partial charge in [0.1, 0.15) is 0 Å². The van der Waals surface area contributed by atoms with E-state index in [-0.39, 0.29) is 22.9 Å². The average molecular weight is 331 g/mol. The van der Waals surface area contributed by atoms with Crippen molar-refractivity contribution in [3.63, 3.8) is 0 Å². The number of rotatable bonds is 4. The molecule has 1 aromatic carbocycles. The number of hydrogen-bond donors (Lipinski definition) is 2. The zero-order chi connectivity index (χ0) is 15.7. The van der Waals surface area contributed by atoms with Gasteiger partial charge in [-0.3, -0.25) is 0 Å². The first-order valence-corrected chi connectivity index (χ1v) is 9.13. The van der Waals surface area contributed by atoms with Gasteiger partial charge in [0.25, 0.3) is 0 Å². The van der Waals surface area contributed by atoms with Crippen LogP contribution in [0.15, 0.2) is 23.1 Å². The average Bonchev–Trinajstić information content (AvgIpc) is 2.41. The van der Waals surface area contributed by atoms with E-state index in [1.54, 1.807) is 12.1 Å². The molecule has 1 fully saturated rings. The highest BCUT2D eigenvalue weighted by Gasteiger charge is 2.35. The highest BCUT2D eigenvalue weighted by molar-refractivity contribution is 7.89. The van der Waals surface area contributed by atoms with Crippen LogP contribution in [0.2, 0.25) is 5.02 Å². The molecule has 0 amide bonds. The Morgan fingerprint density at radius 3 is 2.71 bits per heavy atom. The maximum Gasteiger partial charge on any atom is 0.240 e. The summed E-state index contributed by atoms with van der Waals surface area (Å²) in [5.74, 6) is 0. The second kappa shape index (κ2) is 6.24. The van der Waals surface area contributed by atoms with Crippen molar-refractivity contribution in [2.24, 2.45) is 11.1 Å². The lowest BCUT2D eigenvalue weighted by Crippen LogP contribution is -2.46. The summed E-state index contributed by atoms with van der Waals surface area (Å²) in [6, 6.07) is 4.64. The summed E-state index contributed by atoms with van der Waals surface area (Å²) in [4.78, 5) is 0.230. The van der Waals surface area contributed by atoms with Crippen molar-refractivity contribution in [1.29, 1.82) is 0 Å². The minimum atomic E-state index is -3.54. The van der Waals surface area contributed by atoms with Crippen molar-refractivity contribution in [2.45, 2.75) is 57.0 Å². The zero-order valence-corrected chi connectivity index (χ0v) is 14.1. The Labute approximate surface area is 132 Å². The van der Waals surface area contributed by atoms with E-state index in [2.05, 4.69) is 18.6 Å². The number of nitrogens with one attached hydrogen (secondary N) is 1. The molecule has 0 saturated heterocycles. The maximum absolute atomic E-state index is 12.6. The number of halogens is 1. The third-order valence-electron chi connectivity index (χ3n) is 4.35. The van der Waals surface area contributed by atoms with Crippen molar-refractivity contribution in [1.82, 2.24) is 4.72 Å². The first kappa shape index (κ1) is 16.7. The second-order valence-corrected chi connectivity index (χ2v) is 8.49. The van der Waals surface area contributed by atoms with E-state index in [0.717, 1.165) is 25.7 Å². The molecule has 118 valence electrons. The summed E-state index contributed by atoms with van der Waals surface area (Å²) >= 11 is 5.99. The predicted octanol–water partition coefficient (Wildman–Crippen LogP) is 3.05. The van der Waals surface area contributed by atoms with Crippen LogP contribution < -0.4 is 10.5 Å². The van der Waals surface area contributed by atoms with Gasteiger partial charge in [-0.05, 0) is 42.0 Å². The molecule has 21 heavy (non-hydrogen) atoms. The van der Waals surface area contributed by atoms with Crippen LogP contribution in [-0.4, -0.2) is 14.5 Å². The van der Waals surface area contributed by atoms with Crippen LogP contribution >= 0.6 is 11.6 Å². The SMILES string of the molecule is CC1(C)CCCCC1NS(=O)(=O)c1ccc(Cl)c(CN)c1.